The largest absolute Gasteiger partial charge is 0.369 e. The third kappa shape index (κ3) is 3.42. The lowest BCUT2D eigenvalue weighted by Gasteiger charge is -2.22. The molecule has 0 saturated heterocycles. The van der Waals surface area contributed by atoms with Crippen LogP contribution in [0, 0.1) is 0 Å². The zero-order chi connectivity index (χ0) is 15.6. The molecule has 2 N–H and O–H groups in total. The lowest BCUT2D eigenvalue weighted by molar-refractivity contribution is -0.131. The molecule has 1 unspecified atom stereocenters. The smallest absolute Gasteiger partial charge is 0.257 e. The van der Waals surface area contributed by atoms with Crippen molar-refractivity contribution in [2.24, 2.45) is 10.7 Å². The van der Waals surface area contributed by atoms with Crippen LogP contribution in [0.1, 0.15) is 32.3 Å². The Hall–Kier alpha value is -1.88. The molecule has 5 nitrogen and oxygen atoms in total. The van der Waals surface area contributed by atoms with Crippen LogP contribution in [0.15, 0.2) is 29.3 Å². The van der Waals surface area contributed by atoms with Gasteiger partial charge in [0.1, 0.15) is 11.3 Å². The molecule has 0 spiro atoms. The van der Waals surface area contributed by atoms with Crippen molar-refractivity contribution in [2.75, 3.05) is 0 Å². The third-order valence-electron chi connectivity index (χ3n) is 3.54. The highest BCUT2D eigenvalue weighted by Gasteiger charge is 2.43. The predicted molar refractivity (Wildman–Crippen MR) is 81.9 cm³/mol. The molecule has 1 atom stereocenters. The van der Waals surface area contributed by atoms with Crippen LogP contribution in [-0.2, 0) is 16.1 Å². The van der Waals surface area contributed by atoms with Gasteiger partial charge in [0, 0.05) is 11.4 Å². The van der Waals surface area contributed by atoms with Crippen molar-refractivity contribution in [3.63, 3.8) is 0 Å². The quantitative estimate of drug-likeness (QED) is 0.905. The first-order valence-electron chi connectivity index (χ1n) is 6.73. The average Bonchev–Trinajstić information content (AvgIpc) is 2.61. The summed E-state index contributed by atoms with van der Waals surface area (Å²) in [5.41, 5.74) is 5.80. The molecule has 0 aromatic heterocycles. The maximum atomic E-state index is 12.5. The molecule has 0 aliphatic carbocycles. The molecular formula is C15H18ClN3O2. The van der Waals surface area contributed by atoms with E-state index in [0.717, 1.165) is 5.56 Å². The summed E-state index contributed by atoms with van der Waals surface area (Å²) in [5, 5.41) is 0.606. The van der Waals surface area contributed by atoms with Crippen molar-refractivity contribution in [3.8, 4) is 0 Å². The minimum atomic E-state index is -0.950. The van der Waals surface area contributed by atoms with Gasteiger partial charge in [0.2, 0.25) is 0 Å². The molecular weight excluding hydrogens is 290 g/mol. The number of carbonyl (C=O) groups is 2. The molecule has 21 heavy (non-hydrogen) atoms. The molecule has 112 valence electrons. The number of guanidine groups is 1. The summed E-state index contributed by atoms with van der Waals surface area (Å²) in [4.78, 5) is 29.3. The van der Waals surface area contributed by atoms with Gasteiger partial charge in [-0.05, 0) is 38.0 Å². The number of amides is 1. The second kappa shape index (κ2) is 5.85. The Morgan fingerprint density at radius 1 is 1.48 bits per heavy atom. The van der Waals surface area contributed by atoms with Gasteiger partial charge in [0.05, 0.1) is 6.54 Å². The zero-order valence-electron chi connectivity index (χ0n) is 12.1. The molecule has 0 fully saturated rings. The average molecular weight is 308 g/mol. The van der Waals surface area contributed by atoms with E-state index in [-0.39, 0.29) is 17.6 Å². The number of hydrogen-bond donors (Lipinski definition) is 1. The Bertz CT molecular complexity index is 615. The van der Waals surface area contributed by atoms with Crippen LogP contribution in [0.5, 0.6) is 0 Å². The molecule has 1 aliphatic heterocycles. The Morgan fingerprint density at radius 3 is 2.81 bits per heavy atom. The summed E-state index contributed by atoms with van der Waals surface area (Å²) in [6.07, 6.45) is 0.679. The van der Waals surface area contributed by atoms with E-state index in [1.165, 1.54) is 11.8 Å². The summed E-state index contributed by atoms with van der Waals surface area (Å²) in [6, 6.07) is 7.25. The van der Waals surface area contributed by atoms with Gasteiger partial charge >= 0.3 is 0 Å². The second-order valence-corrected chi connectivity index (χ2v) is 5.90. The summed E-state index contributed by atoms with van der Waals surface area (Å²) in [7, 11) is 0. The number of aliphatic imine (C=N–C) groups is 1. The molecule has 1 aromatic rings. The highest BCUT2D eigenvalue weighted by atomic mass is 35.5. The fourth-order valence-electron chi connectivity index (χ4n) is 2.31. The van der Waals surface area contributed by atoms with Crippen LogP contribution in [0.3, 0.4) is 0 Å². The van der Waals surface area contributed by atoms with Gasteiger partial charge in [-0.25, -0.2) is 4.99 Å². The van der Waals surface area contributed by atoms with E-state index in [2.05, 4.69) is 4.99 Å². The molecule has 1 heterocycles. The van der Waals surface area contributed by atoms with Crippen molar-refractivity contribution < 1.29 is 9.59 Å². The van der Waals surface area contributed by atoms with E-state index in [0.29, 0.717) is 24.4 Å². The first-order chi connectivity index (χ1) is 9.82. The van der Waals surface area contributed by atoms with Crippen LogP contribution in [0.4, 0.5) is 0 Å². The second-order valence-electron chi connectivity index (χ2n) is 5.47. The predicted octanol–water partition coefficient (Wildman–Crippen LogP) is 2.12. The standard InChI is InChI=1S/C15H18ClN3O2/c1-10(20)6-7-15(2)13(21)19(14(17)18-15)9-11-4-3-5-12(16)8-11/h3-5,8H,6-7,9H2,1-2H3,(H2,17,18). The van der Waals surface area contributed by atoms with Gasteiger partial charge in [-0.2, -0.15) is 0 Å². The Labute approximate surface area is 128 Å². The fraction of sp³-hybridized carbons (Fsp3) is 0.400. The minimum absolute atomic E-state index is 0.0334. The van der Waals surface area contributed by atoms with Crippen LogP contribution in [-0.4, -0.2) is 28.1 Å². The van der Waals surface area contributed by atoms with Crippen LogP contribution < -0.4 is 5.73 Å². The normalized spacial score (nSPS) is 21.6. The zero-order valence-corrected chi connectivity index (χ0v) is 12.9. The van der Waals surface area contributed by atoms with Gasteiger partial charge in [0.15, 0.2) is 5.96 Å². The van der Waals surface area contributed by atoms with E-state index in [9.17, 15) is 9.59 Å². The lowest BCUT2D eigenvalue weighted by Crippen LogP contribution is -2.42. The number of nitrogens with zero attached hydrogens (tertiary/aromatic N) is 2. The number of nitrogens with two attached hydrogens (primary N) is 1. The fourth-order valence-corrected chi connectivity index (χ4v) is 2.52. The van der Waals surface area contributed by atoms with Gasteiger partial charge in [-0.3, -0.25) is 9.69 Å². The number of carbonyl (C=O) groups excluding carboxylic acids is 2. The number of ketones is 1. The Balaban J connectivity index is 2.14. The van der Waals surface area contributed by atoms with E-state index < -0.39 is 5.54 Å². The van der Waals surface area contributed by atoms with Gasteiger partial charge in [0.25, 0.3) is 5.91 Å². The minimum Gasteiger partial charge on any atom is -0.369 e. The van der Waals surface area contributed by atoms with Gasteiger partial charge in [-0.15, -0.1) is 0 Å². The number of halogens is 1. The number of benzene rings is 1. The maximum absolute atomic E-state index is 12.5. The number of hydrogen-bond acceptors (Lipinski definition) is 4. The molecule has 1 amide bonds. The van der Waals surface area contributed by atoms with Crippen LogP contribution >= 0.6 is 11.6 Å². The SMILES string of the molecule is CC(=O)CCC1(C)N=C(N)N(Cc2cccc(Cl)c2)C1=O. The Morgan fingerprint density at radius 2 is 2.19 bits per heavy atom. The molecule has 0 radical (unpaired) electrons. The highest BCUT2D eigenvalue weighted by molar-refractivity contribution is 6.30. The van der Waals surface area contributed by atoms with Crippen molar-refractivity contribution in [1.82, 2.24) is 4.90 Å². The summed E-state index contributed by atoms with van der Waals surface area (Å²) < 4.78 is 0. The number of rotatable bonds is 5. The van der Waals surface area contributed by atoms with Crippen LogP contribution in [0.2, 0.25) is 5.02 Å². The lowest BCUT2D eigenvalue weighted by atomic mass is 9.95. The van der Waals surface area contributed by atoms with Crippen molar-refractivity contribution in [3.05, 3.63) is 34.9 Å². The molecule has 2 rings (SSSR count). The molecule has 1 aromatic carbocycles. The van der Waals surface area contributed by atoms with Crippen molar-refractivity contribution in [2.45, 2.75) is 38.8 Å². The summed E-state index contributed by atoms with van der Waals surface area (Å²) in [5.74, 6) is 0.0401. The van der Waals surface area contributed by atoms with Gasteiger partial charge in [-0.1, -0.05) is 23.7 Å². The first kappa shape index (κ1) is 15.5. The number of Topliss-reactive ketones (excluding diaryl/α,β-unsaturated/α-hetero) is 1. The topological polar surface area (TPSA) is 75.8 Å². The van der Waals surface area contributed by atoms with E-state index in [4.69, 9.17) is 17.3 Å². The summed E-state index contributed by atoms with van der Waals surface area (Å²) >= 11 is 5.94. The van der Waals surface area contributed by atoms with Crippen molar-refractivity contribution in [1.29, 1.82) is 0 Å². The molecule has 0 saturated carbocycles. The third-order valence-corrected chi connectivity index (χ3v) is 3.77. The molecule has 0 bridgehead atoms. The highest BCUT2D eigenvalue weighted by Crippen LogP contribution is 2.28. The molecule has 1 aliphatic rings. The first-order valence-corrected chi connectivity index (χ1v) is 7.11. The monoisotopic (exact) mass is 307 g/mol. The van der Waals surface area contributed by atoms with E-state index in [1.54, 1.807) is 19.1 Å². The van der Waals surface area contributed by atoms with Crippen LogP contribution in [0.25, 0.3) is 0 Å². The van der Waals surface area contributed by atoms with E-state index >= 15 is 0 Å². The Kier molecular flexibility index (Phi) is 4.32. The van der Waals surface area contributed by atoms with Crippen molar-refractivity contribution >= 4 is 29.3 Å². The maximum Gasteiger partial charge on any atom is 0.257 e. The van der Waals surface area contributed by atoms with Gasteiger partial charge < -0.3 is 10.5 Å². The summed E-state index contributed by atoms with van der Waals surface area (Å²) in [6.45, 7) is 3.53. The molecule has 6 heteroatoms. The van der Waals surface area contributed by atoms with E-state index in [1.807, 2.05) is 12.1 Å².